The smallest absolute Gasteiger partial charge is 0.327 e. The molecule has 3 rings (SSSR count). The summed E-state index contributed by atoms with van der Waals surface area (Å²) in [6, 6.07) is 0.968. The van der Waals surface area contributed by atoms with Crippen LogP contribution in [0, 0.1) is 0 Å². The lowest BCUT2D eigenvalue weighted by Gasteiger charge is -2.21. The first-order valence-corrected chi connectivity index (χ1v) is 21.2. The Balaban J connectivity index is 1.59. The van der Waals surface area contributed by atoms with Crippen LogP contribution in [0.5, 0.6) is 0 Å². The van der Waals surface area contributed by atoms with Crippen molar-refractivity contribution in [2.24, 2.45) is 0 Å². The fourth-order valence-corrected chi connectivity index (χ4v) is 7.00. The highest BCUT2D eigenvalue weighted by atomic mass is 33.1. The minimum atomic E-state index is -4.46. The number of amides is 4. The number of nitrogens with two attached hydrogens (primary N) is 1. The highest BCUT2D eigenvalue weighted by Gasteiger charge is 2.30. The molecule has 0 radical (unpaired) electrons. The van der Waals surface area contributed by atoms with Crippen LogP contribution in [0.15, 0.2) is 35.3 Å². The third kappa shape index (κ3) is 17.1. The molecule has 59 heavy (non-hydrogen) atoms. The topological polar surface area (TPSA) is 381 Å². The lowest BCUT2D eigenvalue weighted by atomic mass is 10.1. The van der Waals surface area contributed by atoms with Gasteiger partial charge in [-0.25, -0.2) is 19.6 Å². The van der Waals surface area contributed by atoms with Crippen molar-refractivity contribution in [1.29, 1.82) is 0 Å². The molecule has 3 aromatic rings. The fraction of sp³-hybridized carbons (Fsp3) is 0.406. The molecule has 320 valence electrons. The molecular weight excluding hydrogens is 845 g/mol. The summed E-state index contributed by atoms with van der Waals surface area (Å²) in [5, 5.41) is 31.3. The average molecular weight is 885 g/mol. The van der Waals surface area contributed by atoms with E-state index >= 15 is 0 Å². The summed E-state index contributed by atoms with van der Waals surface area (Å²) in [4.78, 5) is 113. The second-order valence-corrected chi connectivity index (χ2v) is 16.3. The van der Waals surface area contributed by atoms with E-state index in [9.17, 15) is 57.0 Å². The molecule has 0 aliphatic carbocycles. The van der Waals surface area contributed by atoms with Gasteiger partial charge >= 0.3 is 17.9 Å². The Kier molecular flexibility index (Phi) is 18.3. The molecular formula is C32H40N10O14S3. The van der Waals surface area contributed by atoms with E-state index in [0.29, 0.717) is 17.1 Å². The summed E-state index contributed by atoms with van der Waals surface area (Å²) in [6.07, 6.45) is -0.504. The second kappa shape index (κ2) is 22.8. The number of nitrogens with one attached hydrogen (secondary N) is 6. The predicted octanol–water partition coefficient (Wildman–Crippen LogP) is -1.74. The molecule has 0 aliphatic rings. The Labute approximate surface area is 342 Å². The van der Waals surface area contributed by atoms with E-state index in [4.69, 9.17) is 15.0 Å². The van der Waals surface area contributed by atoms with E-state index in [1.54, 1.807) is 0 Å². The van der Waals surface area contributed by atoms with Crippen molar-refractivity contribution in [3.05, 3.63) is 52.1 Å². The number of esters is 1. The van der Waals surface area contributed by atoms with E-state index in [-0.39, 0.29) is 41.6 Å². The number of carbonyl (C=O) groups is 7. The van der Waals surface area contributed by atoms with Gasteiger partial charge in [-0.3, -0.25) is 38.3 Å². The van der Waals surface area contributed by atoms with Gasteiger partial charge in [-0.1, -0.05) is 21.6 Å². The number of fused-ring (bicyclic) bond motifs is 1. The first-order chi connectivity index (χ1) is 27.8. The van der Waals surface area contributed by atoms with E-state index in [2.05, 4.69) is 46.5 Å². The third-order valence-corrected chi connectivity index (χ3v) is 10.6. The number of aromatic nitrogens is 4. The Morgan fingerprint density at radius 3 is 2.27 bits per heavy atom. The summed E-state index contributed by atoms with van der Waals surface area (Å²) < 4.78 is 35.7. The van der Waals surface area contributed by atoms with Crippen LogP contribution >= 0.6 is 21.6 Å². The van der Waals surface area contributed by atoms with Gasteiger partial charge in [0.2, 0.25) is 23.7 Å². The lowest BCUT2D eigenvalue weighted by molar-refractivity contribution is -0.142. The summed E-state index contributed by atoms with van der Waals surface area (Å²) in [5.41, 5.74) is 5.97. The van der Waals surface area contributed by atoms with Gasteiger partial charge in [-0.15, -0.1) is 0 Å². The van der Waals surface area contributed by atoms with Crippen LogP contribution in [0.25, 0.3) is 11.2 Å². The highest BCUT2D eigenvalue weighted by molar-refractivity contribution is 8.76. The molecule has 0 saturated heterocycles. The number of nitrogen functional groups attached to an aromatic ring is 1. The van der Waals surface area contributed by atoms with Crippen LogP contribution in [-0.2, 0) is 50.2 Å². The number of carboxylic acid groups (broad SMARTS) is 2. The number of rotatable bonds is 24. The number of nitrogens with zero attached hydrogens (tertiary/aromatic N) is 3. The highest BCUT2D eigenvalue weighted by Crippen LogP contribution is 2.22. The van der Waals surface area contributed by atoms with E-state index in [1.165, 1.54) is 37.4 Å². The normalized spacial score (nSPS) is 12.6. The molecule has 11 N–H and O–H groups in total. The number of hydrogen-bond donors (Lipinski definition) is 10. The summed E-state index contributed by atoms with van der Waals surface area (Å²) in [6.45, 7) is 0.844. The summed E-state index contributed by atoms with van der Waals surface area (Å²) >= 11 is 0. The van der Waals surface area contributed by atoms with Gasteiger partial charge in [-0.2, -0.15) is 13.4 Å². The van der Waals surface area contributed by atoms with Gasteiger partial charge in [0.25, 0.3) is 21.6 Å². The number of ether oxygens (including phenoxy) is 1. The largest absolute Gasteiger partial charge is 0.480 e. The minimum Gasteiger partial charge on any atom is -0.480 e. The number of anilines is 2. The molecule has 24 nitrogen and oxygen atoms in total. The molecule has 1 aromatic carbocycles. The molecule has 0 fully saturated rings. The van der Waals surface area contributed by atoms with Crippen molar-refractivity contribution in [2.45, 2.75) is 50.9 Å². The number of carboxylic acids is 2. The van der Waals surface area contributed by atoms with Gasteiger partial charge in [0.15, 0.2) is 11.2 Å². The van der Waals surface area contributed by atoms with Crippen LogP contribution in [-0.4, -0.2) is 133 Å². The molecule has 0 saturated carbocycles. The maximum Gasteiger partial charge on any atom is 0.327 e. The number of benzene rings is 1. The SMILES string of the molecule is CC(=O)OCCSSC[C@H](NC(=O)[C@H](CC(=O)NCCS(=O)(=O)O)NC(=O)CC[C@H](NC(=O)c1ccc(NCc2cnc3nc(N)[nH]c(=O)c3n2)cc1)C(=O)O)C(=O)O. The third-order valence-electron chi connectivity index (χ3n) is 7.50. The molecule has 0 aliphatic heterocycles. The first-order valence-electron chi connectivity index (χ1n) is 17.1. The molecule has 0 unspecified atom stereocenters. The van der Waals surface area contributed by atoms with E-state index < -0.39 is 107 Å². The Morgan fingerprint density at radius 2 is 1.63 bits per heavy atom. The van der Waals surface area contributed by atoms with Gasteiger partial charge in [-0.05, 0) is 30.7 Å². The monoisotopic (exact) mass is 884 g/mol. The van der Waals surface area contributed by atoms with Crippen LogP contribution in [0.4, 0.5) is 11.6 Å². The van der Waals surface area contributed by atoms with Crippen molar-refractivity contribution < 1.29 is 61.5 Å². The van der Waals surface area contributed by atoms with E-state index in [0.717, 1.165) is 21.6 Å². The Morgan fingerprint density at radius 1 is 0.932 bits per heavy atom. The van der Waals surface area contributed by atoms with Gasteiger partial charge in [0.1, 0.15) is 24.7 Å². The average Bonchev–Trinajstić information content (AvgIpc) is 3.15. The van der Waals surface area contributed by atoms with Gasteiger partial charge in [0.05, 0.1) is 30.6 Å². The van der Waals surface area contributed by atoms with Crippen LogP contribution in [0.3, 0.4) is 0 Å². The van der Waals surface area contributed by atoms with Crippen molar-refractivity contribution in [1.82, 2.24) is 41.2 Å². The minimum absolute atomic E-state index is 0.0130. The number of hydrogen-bond acceptors (Lipinski definition) is 18. The molecule has 0 spiro atoms. The zero-order chi connectivity index (χ0) is 43.7. The Bertz CT molecular complexity index is 2190. The lowest BCUT2D eigenvalue weighted by Crippen LogP contribution is -2.54. The molecule has 0 bridgehead atoms. The van der Waals surface area contributed by atoms with Crippen LogP contribution < -0.4 is 37.9 Å². The standard InChI is InChI=1S/C32H40N10O14S3/c1-16(43)56-9-10-57-58-15-22(31(51)52)40-28(47)21(12-24(45)34-8-11-59(53,54)55)38-23(44)7-6-20(30(49)50)39-27(46)17-2-4-18(5-3-17)35-13-19-14-36-26-25(37-19)29(48)42-32(33)41-26/h2-5,14,20-22,35H,6-13,15H2,1H3,(H,34,45)(H,38,44)(H,39,46)(H,40,47)(H,49,50)(H,51,52)(H,53,54,55)(H3,33,36,41,42,48)/t20-,21-,22-/m0/s1. The molecule has 2 aromatic heterocycles. The maximum atomic E-state index is 13.2. The maximum absolute atomic E-state index is 13.2. The Hall–Kier alpha value is -6.06. The molecule has 4 amide bonds. The number of carbonyl (C=O) groups excluding carboxylic acids is 5. The summed E-state index contributed by atoms with van der Waals surface area (Å²) in [7, 11) is -2.28. The quantitative estimate of drug-likeness (QED) is 0.0207. The molecule has 27 heteroatoms. The van der Waals surface area contributed by atoms with E-state index in [1.807, 2.05) is 0 Å². The zero-order valence-corrected chi connectivity index (χ0v) is 33.4. The zero-order valence-electron chi connectivity index (χ0n) is 31.0. The van der Waals surface area contributed by atoms with Crippen molar-refractivity contribution >= 4 is 96.0 Å². The summed E-state index contributed by atoms with van der Waals surface area (Å²) in [5.74, 6) is -8.17. The number of aliphatic carboxylic acids is 2. The van der Waals surface area contributed by atoms with Crippen molar-refractivity contribution in [3.8, 4) is 0 Å². The number of aromatic amines is 1. The van der Waals surface area contributed by atoms with Crippen molar-refractivity contribution in [3.63, 3.8) is 0 Å². The molecule has 3 atom stereocenters. The number of H-pyrrole nitrogens is 1. The van der Waals surface area contributed by atoms with Crippen molar-refractivity contribution in [2.75, 3.05) is 41.5 Å². The fourth-order valence-electron chi connectivity index (χ4n) is 4.66. The van der Waals surface area contributed by atoms with Crippen LogP contribution in [0.2, 0.25) is 0 Å². The van der Waals surface area contributed by atoms with Gasteiger partial charge in [0, 0.05) is 42.6 Å². The first kappa shape index (κ1) is 47.3. The van der Waals surface area contributed by atoms with Crippen LogP contribution in [0.1, 0.15) is 42.2 Å². The molecule has 2 heterocycles. The predicted molar refractivity (Wildman–Crippen MR) is 211 cm³/mol. The van der Waals surface area contributed by atoms with Gasteiger partial charge < -0.3 is 47.3 Å². The second-order valence-electron chi connectivity index (χ2n) is 12.1.